The van der Waals surface area contributed by atoms with E-state index in [9.17, 15) is 14.3 Å². The van der Waals surface area contributed by atoms with Crippen LogP contribution in [0.25, 0.3) is 10.9 Å². The molecule has 0 amide bonds. The second kappa shape index (κ2) is 3.77. The van der Waals surface area contributed by atoms with E-state index in [4.69, 9.17) is 0 Å². The smallest absolute Gasteiger partial charge is 0.342 e. The summed E-state index contributed by atoms with van der Waals surface area (Å²) in [5, 5.41) is 9.88. The molecule has 0 aliphatic heterocycles. The fourth-order valence-corrected chi connectivity index (χ4v) is 1.47. The van der Waals surface area contributed by atoms with Gasteiger partial charge in [0.05, 0.1) is 18.8 Å². The highest BCUT2D eigenvalue weighted by atomic mass is 19.1. The largest absolute Gasteiger partial charge is 0.505 e. The SMILES string of the molecule is COC(=O)c1c(O)cnc2cc(F)ccc12. The molecule has 0 aliphatic carbocycles. The summed E-state index contributed by atoms with van der Waals surface area (Å²) in [6, 6.07) is 3.75. The van der Waals surface area contributed by atoms with E-state index in [0.29, 0.717) is 10.9 Å². The number of carbonyl (C=O) groups is 1. The lowest BCUT2D eigenvalue weighted by Gasteiger charge is -2.06. The molecule has 0 aliphatic rings. The molecule has 4 nitrogen and oxygen atoms in total. The Bertz CT molecular complexity index is 568. The van der Waals surface area contributed by atoms with Crippen LogP contribution in [0.1, 0.15) is 10.4 Å². The van der Waals surface area contributed by atoms with Crippen molar-refractivity contribution in [2.24, 2.45) is 0 Å². The zero-order chi connectivity index (χ0) is 11.7. The summed E-state index contributed by atoms with van der Waals surface area (Å²) in [5.74, 6) is -1.43. The molecule has 1 N–H and O–H groups in total. The minimum absolute atomic E-state index is 0.00694. The summed E-state index contributed by atoms with van der Waals surface area (Å²) in [4.78, 5) is 15.3. The van der Waals surface area contributed by atoms with Gasteiger partial charge in [-0.25, -0.2) is 9.18 Å². The van der Waals surface area contributed by atoms with Crippen molar-refractivity contribution in [2.75, 3.05) is 7.11 Å². The summed E-state index contributed by atoms with van der Waals surface area (Å²) in [6.45, 7) is 0. The average molecular weight is 221 g/mol. The molecule has 0 spiro atoms. The van der Waals surface area contributed by atoms with E-state index in [-0.39, 0.29) is 11.3 Å². The molecule has 1 aromatic heterocycles. The molecule has 0 radical (unpaired) electrons. The lowest BCUT2D eigenvalue weighted by atomic mass is 10.1. The first kappa shape index (κ1) is 10.4. The molecule has 0 saturated heterocycles. The minimum Gasteiger partial charge on any atom is -0.505 e. The third kappa shape index (κ3) is 1.56. The molecule has 0 atom stereocenters. The van der Waals surface area contributed by atoms with Gasteiger partial charge in [0.1, 0.15) is 17.1 Å². The van der Waals surface area contributed by atoms with Crippen molar-refractivity contribution in [2.45, 2.75) is 0 Å². The summed E-state index contributed by atoms with van der Waals surface area (Å²) >= 11 is 0. The van der Waals surface area contributed by atoms with Crippen molar-refractivity contribution in [3.63, 3.8) is 0 Å². The molecule has 0 bridgehead atoms. The Kier molecular flexibility index (Phi) is 2.44. The van der Waals surface area contributed by atoms with E-state index in [1.807, 2.05) is 0 Å². The van der Waals surface area contributed by atoms with E-state index in [1.165, 1.54) is 25.3 Å². The molecule has 0 unspecified atom stereocenters. The molecule has 2 rings (SSSR count). The molecule has 1 heterocycles. The second-order valence-corrected chi connectivity index (χ2v) is 3.17. The number of hydrogen-bond acceptors (Lipinski definition) is 4. The van der Waals surface area contributed by atoms with Gasteiger partial charge in [-0.2, -0.15) is 0 Å². The molecule has 16 heavy (non-hydrogen) atoms. The maximum absolute atomic E-state index is 12.9. The van der Waals surface area contributed by atoms with Crippen molar-refractivity contribution in [3.05, 3.63) is 35.8 Å². The Hall–Kier alpha value is -2.17. The third-order valence-corrected chi connectivity index (χ3v) is 2.20. The van der Waals surface area contributed by atoms with Gasteiger partial charge in [0.25, 0.3) is 0 Å². The standard InChI is InChI=1S/C11H8FNO3/c1-16-11(15)10-7-3-2-6(12)4-8(7)13-5-9(10)14/h2-5,14H,1H3. The number of methoxy groups -OCH3 is 1. The number of esters is 1. The monoisotopic (exact) mass is 221 g/mol. The van der Waals surface area contributed by atoms with E-state index < -0.39 is 11.8 Å². The van der Waals surface area contributed by atoms with Crippen LogP contribution in [0.4, 0.5) is 4.39 Å². The van der Waals surface area contributed by atoms with Gasteiger partial charge < -0.3 is 9.84 Å². The summed E-state index contributed by atoms with van der Waals surface area (Å²) < 4.78 is 17.5. The molecular weight excluding hydrogens is 213 g/mol. The summed E-state index contributed by atoms with van der Waals surface area (Å²) in [7, 11) is 1.21. The number of rotatable bonds is 1. The summed E-state index contributed by atoms with van der Waals surface area (Å²) in [5.41, 5.74) is 0.283. The topological polar surface area (TPSA) is 59.4 Å². The zero-order valence-electron chi connectivity index (χ0n) is 8.40. The van der Waals surface area contributed by atoms with Crippen LogP contribution >= 0.6 is 0 Å². The number of carbonyl (C=O) groups excluding carboxylic acids is 1. The maximum atomic E-state index is 12.9. The first-order chi connectivity index (χ1) is 7.63. The van der Waals surface area contributed by atoms with E-state index >= 15 is 0 Å². The van der Waals surface area contributed by atoms with Crippen LogP contribution < -0.4 is 0 Å². The Balaban J connectivity index is 2.79. The van der Waals surface area contributed by atoms with Gasteiger partial charge in [0.2, 0.25) is 0 Å². The van der Waals surface area contributed by atoms with Gasteiger partial charge in [-0.15, -0.1) is 0 Å². The predicted octanol–water partition coefficient (Wildman–Crippen LogP) is 1.87. The van der Waals surface area contributed by atoms with Crippen LogP contribution in [-0.2, 0) is 4.74 Å². The highest BCUT2D eigenvalue weighted by Crippen LogP contribution is 2.26. The van der Waals surface area contributed by atoms with Crippen molar-refractivity contribution < 1.29 is 19.0 Å². The predicted molar refractivity (Wildman–Crippen MR) is 54.7 cm³/mol. The number of nitrogens with zero attached hydrogens (tertiary/aromatic N) is 1. The average Bonchev–Trinajstić information content (AvgIpc) is 2.28. The lowest BCUT2D eigenvalue weighted by molar-refractivity contribution is 0.0599. The highest BCUT2D eigenvalue weighted by molar-refractivity contribution is 6.05. The Morgan fingerprint density at radius 3 is 2.94 bits per heavy atom. The first-order valence-electron chi connectivity index (χ1n) is 4.49. The normalized spacial score (nSPS) is 10.4. The quantitative estimate of drug-likeness (QED) is 0.747. The van der Waals surface area contributed by atoms with Gasteiger partial charge in [0, 0.05) is 11.5 Å². The third-order valence-electron chi connectivity index (χ3n) is 2.20. The number of fused-ring (bicyclic) bond motifs is 1. The van der Waals surface area contributed by atoms with Gasteiger partial charge >= 0.3 is 5.97 Å². The first-order valence-corrected chi connectivity index (χ1v) is 4.49. The Labute approximate surface area is 90.3 Å². The van der Waals surface area contributed by atoms with Crippen molar-refractivity contribution in [1.29, 1.82) is 0 Å². The minimum atomic E-state index is -0.684. The highest BCUT2D eigenvalue weighted by Gasteiger charge is 2.16. The number of aromatic nitrogens is 1. The molecule has 82 valence electrons. The number of ether oxygens (including phenoxy) is 1. The van der Waals surface area contributed by atoms with Crippen LogP contribution in [0.5, 0.6) is 5.75 Å². The number of benzene rings is 1. The van der Waals surface area contributed by atoms with Crippen molar-refractivity contribution in [1.82, 2.24) is 4.98 Å². The summed E-state index contributed by atoms with van der Waals surface area (Å²) in [6.07, 6.45) is 1.09. The number of pyridine rings is 1. The van der Waals surface area contributed by atoms with E-state index in [0.717, 1.165) is 6.20 Å². The molecule has 2 aromatic rings. The van der Waals surface area contributed by atoms with Crippen LogP contribution in [0.2, 0.25) is 0 Å². The number of aromatic hydroxyl groups is 1. The Morgan fingerprint density at radius 2 is 2.25 bits per heavy atom. The van der Waals surface area contributed by atoms with E-state index in [1.54, 1.807) is 0 Å². The van der Waals surface area contributed by atoms with Crippen LogP contribution in [0.3, 0.4) is 0 Å². The number of hydrogen-bond donors (Lipinski definition) is 1. The van der Waals surface area contributed by atoms with Crippen LogP contribution in [0, 0.1) is 5.82 Å². The van der Waals surface area contributed by atoms with Crippen molar-refractivity contribution >= 4 is 16.9 Å². The van der Waals surface area contributed by atoms with Gasteiger partial charge in [-0.3, -0.25) is 4.98 Å². The maximum Gasteiger partial charge on any atom is 0.342 e. The Morgan fingerprint density at radius 1 is 1.50 bits per heavy atom. The number of halogens is 1. The fourth-order valence-electron chi connectivity index (χ4n) is 1.47. The van der Waals surface area contributed by atoms with Gasteiger partial charge in [-0.05, 0) is 12.1 Å². The zero-order valence-corrected chi connectivity index (χ0v) is 8.40. The van der Waals surface area contributed by atoms with Gasteiger partial charge in [0.15, 0.2) is 0 Å². The van der Waals surface area contributed by atoms with Gasteiger partial charge in [-0.1, -0.05) is 0 Å². The molecule has 0 fully saturated rings. The molecule has 1 aromatic carbocycles. The lowest BCUT2D eigenvalue weighted by Crippen LogP contribution is -2.03. The van der Waals surface area contributed by atoms with E-state index in [2.05, 4.69) is 9.72 Å². The molecular formula is C11H8FNO3. The van der Waals surface area contributed by atoms with Crippen LogP contribution in [0.15, 0.2) is 24.4 Å². The molecule has 0 saturated carbocycles. The fraction of sp³-hybridized carbons (Fsp3) is 0.0909. The second-order valence-electron chi connectivity index (χ2n) is 3.17. The van der Waals surface area contributed by atoms with Crippen LogP contribution in [-0.4, -0.2) is 23.2 Å². The van der Waals surface area contributed by atoms with Crippen molar-refractivity contribution in [3.8, 4) is 5.75 Å². The molecule has 5 heteroatoms.